The highest BCUT2D eigenvalue weighted by atomic mass is 35.5. The molecule has 0 atom stereocenters. The van der Waals surface area contributed by atoms with Crippen LogP contribution in [0.15, 0.2) is 71.2 Å². The summed E-state index contributed by atoms with van der Waals surface area (Å²) in [6.07, 6.45) is 0. The first kappa shape index (κ1) is 19.7. The molecule has 0 aliphatic heterocycles. The van der Waals surface area contributed by atoms with Crippen molar-refractivity contribution in [2.45, 2.75) is 5.16 Å². The molecule has 0 bridgehead atoms. The Morgan fingerprint density at radius 1 is 1.10 bits per heavy atom. The topological polar surface area (TPSA) is 57.0 Å². The average molecular weight is 442 g/mol. The molecule has 0 saturated heterocycles. The van der Waals surface area contributed by atoms with E-state index < -0.39 is 0 Å². The van der Waals surface area contributed by atoms with Crippen molar-refractivity contribution < 1.29 is 9.53 Å². The van der Waals surface area contributed by atoms with Crippen LogP contribution in [0.2, 0.25) is 5.02 Å². The number of hydrogen-bond donors (Lipinski definition) is 0. The maximum Gasteiger partial charge on any atom is 0.196 e. The molecule has 2 aromatic heterocycles. The number of thiophene rings is 1. The SMILES string of the molecule is COc1ccc(-n2c(SCC(=O)c3ccccc3Cl)nnc2-c2cccs2)cc1. The Labute approximate surface area is 181 Å². The van der Waals surface area contributed by atoms with E-state index in [2.05, 4.69) is 10.2 Å². The number of methoxy groups -OCH3 is 1. The van der Waals surface area contributed by atoms with Gasteiger partial charge in [-0.3, -0.25) is 9.36 Å². The Morgan fingerprint density at radius 3 is 2.59 bits per heavy atom. The number of benzene rings is 2. The summed E-state index contributed by atoms with van der Waals surface area (Å²) in [7, 11) is 1.63. The Morgan fingerprint density at radius 2 is 1.90 bits per heavy atom. The number of ether oxygens (including phenoxy) is 1. The maximum atomic E-state index is 12.6. The van der Waals surface area contributed by atoms with E-state index in [9.17, 15) is 4.79 Å². The number of carbonyl (C=O) groups is 1. The predicted molar refractivity (Wildman–Crippen MR) is 118 cm³/mol. The van der Waals surface area contributed by atoms with E-state index in [1.807, 2.05) is 46.3 Å². The summed E-state index contributed by atoms with van der Waals surface area (Å²) >= 11 is 9.08. The lowest BCUT2D eigenvalue weighted by Gasteiger charge is -2.10. The molecule has 5 nitrogen and oxygen atoms in total. The number of thioether (sulfide) groups is 1. The number of nitrogens with zero attached hydrogens (tertiary/aromatic N) is 3. The molecule has 0 fully saturated rings. The van der Waals surface area contributed by atoms with Gasteiger partial charge in [0.25, 0.3) is 0 Å². The number of ketones is 1. The molecule has 0 N–H and O–H groups in total. The van der Waals surface area contributed by atoms with Crippen LogP contribution < -0.4 is 4.74 Å². The van der Waals surface area contributed by atoms with E-state index in [1.54, 1.807) is 42.7 Å². The summed E-state index contributed by atoms with van der Waals surface area (Å²) < 4.78 is 7.21. The third-order valence-corrected chi connectivity index (χ3v) is 6.34. The monoisotopic (exact) mass is 441 g/mol. The molecule has 0 amide bonds. The van der Waals surface area contributed by atoms with Crippen LogP contribution in [0.3, 0.4) is 0 Å². The number of hydrogen-bond acceptors (Lipinski definition) is 6. The summed E-state index contributed by atoms with van der Waals surface area (Å²) in [5.41, 5.74) is 1.41. The summed E-state index contributed by atoms with van der Waals surface area (Å²) in [5, 5.41) is 11.8. The zero-order valence-electron chi connectivity index (χ0n) is 15.4. The number of Topliss-reactive ketones (excluding diaryl/α,β-unsaturated/α-hetero) is 1. The lowest BCUT2D eigenvalue weighted by molar-refractivity contribution is 0.102. The second-order valence-corrected chi connectivity index (χ2v) is 8.31. The van der Waals surface area contributed by atoms with Gasteiger partial charge in [0.2, 0.25) is 0 Å². The van der Waals surface area contributed by atoms with Gasteiger partial charge in [-0.15, -0.1) is 21.5 Å². The molecule has 0 unspecified atom stereocenters. The minimum Gasteiger partial charge on any atom is -0.497 e. The van der Waals surface area contributed by atoms with Crippen LogP contribution in [0.4, 0.5) is 0 Å². The molecule has 0 aliphatic rings. The Bertz CT molecular complexity index is 1130. The smallest absolute Gasteiger partial charge is 0.196 e. The van der Waals surface area contributed by atoms with Crippen molar-refractivity contribution in [1.29, 1.82) is 0 Å². The number of carbonyl (C=O) groups excluding carboxylic acids is 1. The molecule has 4 rings (SSSR count). The largest absolute Gasteiger partial charge is 0.497 e. The second-order valence-electron chi connectivity index (χ2n) is 6.01. The third kappa shape index (κ3) is 4.22. The minimum atomic E-state index is -0.0532. The van der Waals surface area contributed by atoms with Crippen molar-refractivity contribution >= 4 is 40.5 Å². The third-order valence-electron chi connectivity index (χ3n) is 4.21. The first-order chi connectivity index (χ1) is 14.2. The molecule has 8 heteroatoms. The van der Waals surface area contributed by atoms with E-state index in [0.717, 1.165) is 22.1 Å². The van der Waals surface area contributed by atoms with Gasteiger partial charge in [0.1, 0.15) is 5.75 Å². The van der Waals surface area contributed by atoms with Crippen molar-refractivity contribution in [1.82, 2.24) is 14.8 Å². The fourth-order valence-electron chi connectivity index (χ4n) is 2.79. The van der Waals surface area contributed by atoms with Gasteiger partial charge in [0, 0.05) is 5.56 Å². The van der Waals surface area contributed by atoms with Gasteiger partial charge in [-0.25, -0.2) is 0 Å². The molecule has 2 heterocycles. The predicted octanol–water partition coefficient (Wildman–Crippen LogP) is 5.63. The van der Waals surface area contributed by atoms with E-state index >= 15 is 0 Å². The normalized spacial score (nSPS) is 10.8. The Kier molecular flexibility index (Phi) is 5.99. The fraction of sp³-hybridized carbons (Fsp3) is 0.0952. The average Bonchev–Trinajstić information content (AvgIpc) is 3.42. The van der Waals surface area contributed by atoms with Crippen LogP contribution in [0.1, 0.15) is 10.4 Å². The van der Waals surface area contributed by atoms with Gasteiger partial charge in [0.15, 0.2) is 16.8 Å². The molecule has 0 spiro atoms. The van der Waals surface area contributed by atoms with Crippen molar-refractivity contribution in [3.63, 3.8) is 0 Å². The first-order valence-electron chi connectivity index (χ1n) is 8.71. The molecule has 0 saturated carbocycles. The fourth-order valence-corrected chi connectivity index (χ4v) is 4.56. The quantitative estimate of drug-likeness (QED) is 0.274. The Balaban J connectivity index is 1.66. The molecule has 4 aromatic rings. The lowest BCUT2D eigenvalue weighted by Crippen LogP contribution is -2.05. The van der Waals surface area contributed by atoms with Crippen molar-refractivity contribution in [2.75, 3.05) is 12.9 Å². The van der Waals surface area contributed by atoms with Crippen LogP contribution >= 0.6 is 34.7 Å². The van der Waals surface area contributed by atoms with Gasteiger partial charge in [0.05, 0.1) is 28.4 Å². The standard InChI is InChI=1S/C21H16ClN3O2S2/c1-27-15-10-8-14(9-11-15)25-20(19-7-4-12-28-19)23-24-21(25)29-13-18(26)16-5-2-3-6-17(16)22/h2-12H,13H2,1H3. The van der Waals surface area contributed by atoms with Gasteiger partial charge in [-0.1, -0.05) is 41.6 Å². The maximum absolute atomic E-state index is 12.6. The molecule has 2 aromatic carbocycles. The molecule has 0 radical (unpaired) electrons. The highest BCUT2D eigenvalue weighted by molar-refractivity contribution is 7.99. The summed E-state index contributed by atoms with van der Waals surface area (Å²) in [6.45, 7) is 0. The van der Waals surface area contributed by atoms with Crippen LogP contribution in [0.5, 0.6) is 5.75 Å². The molecular weight excluding hydrogens is 426 g/mol. The van der Waals surface area contributed by atoms with E-state index in [-0.39, 0.29) is 11.5 Å². The van der Waals surface area contributed by atoms with Gasteiger partial charge in [-0.05, 0) is 47.8 Å². The molecule has 29 heavy (non-hydrogen) atoms. The molecular formula is C21H16ClN3O2S2. The number of halogens is 1. The van der Waals surface area contributed by atoms with Gasteiger partial charge >= 0.3 is 0 Å². The highest BCUT2D eigenvalue weighted by Gasteiger charge is 2.19. The number of rotatable bonds is 7. The Hall–Kier alpha value is -2.61. The van der Waals surface area contributed by atoms with Crippen molar-refractivity contribution in [2.24, 2.45) is 0 Å². The van der Waals surface area contributed by atoms with Crippen molar-refractivity contribution in [3.8, 4) is 22.1 Å². The molecule has 0 aliphatic carbocycles. The van der Waals surface area contributed by atoms with Crippen molar-refractivity contribution in [3.05, 3.63) is 76.6 Å². The minimum absolute atomic E-state index is 0.0532. The molecule has 146 valence electrons. The lowest BCUT2D eigenvalue weighted by atomic mass is 10.1. The zero-order chi connectivity index (χ0) is 20.2. The van der Waals surface area contributed by atoms with Crippen LogP contribution in [-0.4, -0.2) is 33.4 Å². The van der Waals surface area contributed by atoms with E-state index in [0.29, 0.717) is 15.7 Å². The summed E-state index contributed by atoms with van der Waals surface area (Å²) in [4.78, 5) is 13.6. The van der Waals surface area contributed by atoms with Crippen LogP contribution in [0, 0.1) is 0 Å². The zero-order valence-corrected chi connectivity index (χ0v) is 17.8. The second kappa shape index (κ2) is 8.82. The van der Waals surface area contributed by atoms with Crippen LogP contribution in [-0.2, 0) is 0 Å². The first-order valence-corrected chi connectivity index (χ1v) is 11.0. The van der Waals surface area contributed by atoms with E-state index in [4.69, 9.17) is 16.3 Å². The highest BCUT2D eigenvalue weighted by Crippen LogP contribution is 2.31. The number of aromatic nitrogens is 3. The van der Waals surface area contributed by atoms with E-state index in [1.165, 1.54) is 11.8 Å². The van der Waals surface area contributed by atoms with Gasteiger partial charge < -0.3 is 4.74 Å². The van der Waals surface area contributed by atoms with Crippen LogP contribution in [0.25, 0.3) is 16.4 Å². The summed E-state index contributed by atoms with van der Waals surface area (Å²) in [6, 6.07) is 18.7. The van der Waals surface area contributed by atoms with Gasteiger partial charge in [-0.2, -0.15) is 0 Å². The summed E-state index contributed by atoms with van der Waals surface area (Å²) in [5.74, 6) is 1.66.